The zero-order chi connectivity index (χ0) is 22.1. The lowest BCUT2D eigenvalue weighted by Gasteiger charge is -2.13. The van der Waals surface area contributed by atoms with Gasteiger partial charge in [-0.1, -0.05) is 15.9 Å². The molecule has 0 aliphatic carbocycles. The molecule has 158 valence electrons. The molecular weight excluding hydrogens is 486 g/mol. The van der Waals surface area contributed by atoms with Gasteiger partial charge in [0.1, 0.15) is 0 Å². The van der Waals surface area contributed by atoms with Crippen molar-refractivity contribution in [3.8, 4) is 11.5 Å². The highest BCUT2D eigenvalue weighted by Gasteiger charge is 2.37. The predicted octanol–water partition coefficient (Wildman–Crippen LogP) is 5.89. The maximum Gasteiger partial charge on any atom is 0.416 e. The van der Waals surface area contributed by atoms with E-state index in [1.807, 2.05) is 0 Å². The molecule has 0 atom stereocenters. The van der Waals surface area contributed by atoms with Crippen LogP contribution in [0.25, 0.3) is 11.5 Å². The Balaban J connectivity index is 1.77. The zero-order valence-electron chi connectivity index (χ0n) is 14.5. The van der Waals surface area contributed by atoms with Crippen molar-refractivity contribution in [3.05, 3.63) is 69.5 Å². The van der Waals surface area contributed by atoms with Crippen molar-refractivity contribution < 1.29 is 40.3 Å². The summed E-state index contributed by atoms with van der Waals surface area (Å²) in [7, 11) is 0. The fraction of sp³-hybridized carbons (Fsp3) is 0.167. The van der Waals surface area contributed by atoms with Crippen LogP contribution in [0.4, 0.5) is 26.3 Å². The van der Waals surface area contributed by atoms with Gasteiger partial charge in [-0.3, -0.25) is 0 Å². The van der Waals surface area contributed by atoms with Gasteiger partial charge in [-0.2, -0.15) is 26.3 Å². The Kier molecular flexibility index (Phi) is 5.88. The van der Waals surface area contributed by atoms with E-state index in [-0.39, 0.29) is 30.0 Å². The number of hydrogen-bond donors (Lipinski definition) is 0. The van der Waals surface area contributed by atoms with Gasteiger partial charge in [0.05, 0.1) is 16.7 Å². The molecule has 0 bridgehead atoms. The zero-order valence-corrected chi connectivity index (χ0v) is 16.1. The van der Waals surface area contributed by atoms with Crippen LogP contribution in [0.3, 0.4) is 0 Å². The van der Waals surface area contributed by atoms with Crippen LogP contribution < -0.4 is 0 Å². The lowest BCUT2D eigenvalue weighted by molar-refractivity contribution is -0.143. The molecule has 0 N–H and O–H groups in total. The number of rotatable bonds is 4. The van der Waals surface area contributed by atoms with Crippen molar-refractivity contribution in [1.82, 2.24) is 10.2 Å². The molecule has 0 amide bonds. The maximum absolute atomic E-state index is 12.9. The Morgan fingerprint density at radius 2 is 1.50 bits per heavy atom. The number of esters is 1. The van der Waals surface area contributed by atoms with Gasteiger partial charge in [0.25, 0.3) is 5.89 Å². The Bertz CT molecular complexity index is 1030. The van der Waals surface area contributed by atoms with Crippen molar-refractivity contribution in [2.24, 2.45) is 0 Å². The number of benzene rings is 2. The molecule has 0 spiro atoms. The molecule has 3 rings (SSSR count). The van der Waals surface area contributed by atoms with Crippen molar-refractivity contribution in [3.63, 3.8) is 0 Å². The van der Waals surface area contributed by atoms with Gasteiger partial charge < -0.3 is 9.15 Å². The number of hydrogen-bond acceptors (Lipinski definition) is 5. The first-order valence-electron chi connectivity index (χ1n) is 7.98. The fourth-order valence-corrected chi connectivity index (χ4v) is 2.57. The summed E-state index contributed by atoms with van der Waals surface area (Å²) in [5.41, 5.74) is -3.61. The lowest BCUT2D eigenvalue weighted by Crippen LogP contribution is -2.14. The van der Waals surface area contributed by atoms with Crippen LogP contribution in [0.15, 0.2) is 51.4 Å². The lowest BCUT2D eigenvalue weighted by atomic mass is 10.0. The molecule has 0 radical (unpaired) electrons. The highest BCUT2D eigenvalue weighted by Crippen LogP contribution is 2.36. The second-order valence-electron chi connectivity index (χ2n) is 5.88. The minimum Gasteiger partial charge on any atom is -0.452 e. The number of alkyl halides is 6. The molecule has 12 heteroatoms. The average molecular weight is 495 g/mol. The summed E-state index contributed by atoms with van der Waals surface area (Å²) in [6.07, 6.45) is -10.2. The molecule has 0 fully saturated rings. The van der Waals surface area contributed by atoms with Crippen LogP contribution in [-0.2, 0) is 23.7 Å². The van der Waals surface area contributed by atoms with Gasteiger partial charge in [0.15, 0.2) is 6.61 Å². The topological polar surface area (TPSA) is 65.2 Å². The molecule has 2 aromatic carbocycles. The van der Waals surface area contributed by atoms with E-state index in [0.29, 0.717) is 5.56 Å². The Labute approximate surface area is 172 Å². The van der Waals surface area contributed by atoms with E-state index in [0.717, 1.165) is 4.47 Å². The quantitative estimate of drug-likeness (QED) is 0.334. The van der Waals surface area contributed by atoms with Crippen molar-refractivity contribution in [2.45, 2.75) is 19.0 Å². The number of halogens is 7. The van der Waals surface area contributed by atoms with Gasteiger partial charge >= 0.3 is 18.3 Å². The van der Waals surface area contributed by atoms with Gasteiger partial charge in [0, 0.05) is 10.0 Å². The SMILES string of the molecule is O=C(OCc1nnc(-c2ccc(Br)cc2)o1)c1cc(C(F)(F)F)cc(C(F)(F)F)c1. The smallest absolute Gasteiger partial charge is 0.416 e. The number of nitrogens with zero attached hydrogens (tertiary/aromatic N) is 2. The molecule has 0 unspecified atom stereocenters. The number of carbonyl (C=O) groups is 1. The third kappa shape index (κ3) is 5.17. The summed E-state index contributed by atoms with van der Waals surface area (Å²) in [5, 5.41) is 7.37. The standard InChI is InChI=1S/C18H9BrF6N2O3/c19-13-3-1-9(2-4-13)15-27-26-14(30-15)8-29-16(28)10-5-11(17(20,21)22)7-12(6-10)18(23,24)25/h1-7H,8H2. The first-order valence-corrected chi connectivity index (χ1v) is 8.78. The molecule has 0 saturated heterocycles. The largest absolute Gasteiger partial charge is 0.452 e. The Morgan fingerprint density at radius 3 is 2.03 bits per heavy atom. The van der Waals surface area contributed by atoms with E-state index in [9.17, 15) is 31.1 Å². The third-order valence-corrected chi connectivity index (χ3v) is 4.24. The van der Waals surface area contributed by atoms with Crippen molar-refractivity contribution >= 4 is 21.9 Å². The van der Waals surface area contributed by atoms with Crippen molar-refractivity contribution in [2.75, 3.05) is 0 Å². The number of ether oxygens (including phenoxy) is 1. The maximum atomic E-state index is 12.9. The van der Waals surface area contributed by atoms with Crippen LogP contribution in [0.1, 0.15) is 27.4 Å². The van der Waals surface area contributed by atoms with Crippen LogP contribution in [0, 0.1) is 0 Å². The van der Waals surface area contributed by atoms with Crippen LogP contribution in [0.5, 0.6) is 0 Å². The normalized spacial score (nSPS) is 12.1. The molecule has 30 heavy (non-hydrogen) atoms. The molecule has 1 aromatic heterocycles. The monoisotopic (exact) mass is 494 g/mol. The van der Waals surface area contributed by atoms with Gasteiger partial charge in [-0.25, -0.2) is 4.79 Å². The highest BCUT2D eigenvalue weighted by molar-refractivity contribution is 9.10. The van der Waals surface area contributed by atoms with E-state index in [1.165, 1.54) is 0 Å². The summed E-state index contributed by atoms with van der Waals surface area (Å²) in [6, 6.07) is 7.22. The first-order chi connectivity index (χ1) is 13.9. The molecule has 5 nitrogen and oxygen atoms in total. The molecular formula is C18H9BrF6N2O3. The second-order valence-corrected chi connectivity index (χ2v) is 6.79. The summed E-state index contributed by atoms with van der Waals surface area (Å²) in [6.45, 7) is -0.639. The van der Waals surface area contributed by atoms with E-state index in [2.05, 4.69) is 26.1 Å². The van der Waals surface area contributed by atoms with Crippen LogP contribution in [-0.4, -0.2) is 16.2 Å². The van der Waals surface area contributed by atoms with E-state index in [4.69, 9.17) is 9.15 Å². The van der Waals surface area contributed by atoms with E-state index >= 15 is 0 Å². The van der Waals surface area contributed by atoms with Gasteiger partial charge in [0.2, 0.25) is 5.89 Å². The fourth-order valence-electron chi connectivity index (χ4n) is 2.30. The van der Waals surface area contributed by atoms with Crippen LogP contribution in [0.2, 0.25) is 0 Å². The minimum atomic E-state index is -5.08. The second kappa shape index (κ2) is 8.09. The number of aromatic nitrogens is 2. The third-order valence-electron chi connectivity index (χ3n) is 3.71. The Morgan fingerprint density at radius 1 is 0.933 bits per heavy atom. The molecule has 1 heterocycles. The molecule has 0 aliphatic rings. The van der Waals surface area contributed by atoms with Gasteiger partial charge in [-0.05, 0) is 42.5 Å². The summed E-state index contributed by atoms with van der Waals surface area (Å²) in [5.74, 6) is -1.51. The average Bonchev–Trinajstić information content (AvgIpc) is 3.14. The van der Waals surface area contributed by atoms with E-state index in [1.54, 1.807) is 24.3 Å². The summed E-state index contributed by atoms with van der Waals surface area (Å²) in [4.78, 5) is 12.0. The van der Waals surface area contributed by atoms with Crippen molar-refractivity contribution in [1.29, 1.82) is 0 Å². The Hall–Kier alpha value is -2.89. The number of carbonyl (C=O) groups excluding carboxylic acids is 1. The summed E-state index contributed by atoms with van der Waals surface area (Å²) < 4.78 is 88.1. The first kappa shape index (κ1) is 21.8. The molecule has 3 aromatic rings. The van der Waals surface area contributed by atoms with E-state index < -0.39 is 41.6 Å². The molecule has 0 aliphatic heterocycles. The van der Waals surface area contributed by atoms with Gasteiger partial charge in [-0.15, -0.1) is 10.2 Å². The predicted molar refractivity (Wildman–Crippen MR) is 93.0 cm³/mol. The minimum absolute atomic E-state index is 0.0841. The van der Waals surface area contributed by atoms with Crippen LogP contribution >= 0.6 is 15.9 Å². The highest BCUT2D eigenvalue weighted by atomic mass is 79.9. The molecule has 0 saturated carbocycles. The summed E-state index contributed by atoms with van der Waals surface area (Å²) >= 11 is 3.26.